The van der Waals surface area contributed by atoms with Crippen molar-refractivity contribution in [2.45, 2.75) is 78.6 Å². The number of aromatic nitrogens is 2. The summed E-state index contributed by atoms with van der Waals surface area (Å²) in [6.45, 7) is 20.9. The Morgan fingerprint density at radius 1 is 0.294 bits per heavy atom. The summed E-state index contributed by atoms with van der Waals surface area (Å²) in [5.41, 5.74) is 31.4. The maximum absolute atomic E-state index is 7.23. The van der Waals surface area contributed by atoms with E-state index in [1.165, 1.54) is 76.8 Å². The number of hydrogen-bond acceptors (Lipinski definition) is 3. The highest BCUT2D eigenvalue weighted by Gasteiger charge is 2.46. The molecule has 0 N–H and O–H groups in total. The average Bonchev–Trinajstić information content (AvgIpc) is 0.815. The van der Waals surface area contributed by atoms with Crippen LogP contribution < -0.4 is 26.2 Å². The fraction of sp³-hybridized carbons (Fsp3) is 0.125. The summed E-state index contributed by atoms with van der Waals surface area (Å²) in [5, 5.41) is 7.03. The molecular weight excluding hydrogens is 1240 g/mol. The zero-order valence-corrected chi connectivity index (χ0v) is 59.1. The Balaban J connectivity index is 0.977. The average molecular weight is 1310 g/mol. The van der Waals surface area contributed by atoms with Gasteiger partial charge in [-0.1, -0.05) is 281 Å². The van der Waals surface area contributed by atoms with Crippen LogP contribution in [0.1, 0.15) is 79.0 Å². The number of anilines is 6. The molecule has 2 aliphatic heterocycles. The second kappa shape index (κ2) is 22.8. The van der Waals surface area contributed by atoms with Crippen LogP contribution in [-0.2, 0) is 16.2 Å². The Labute approximate surface area is 596 Å². The molecule has 6 heteroatoms. The van der Waals surface area contributed by atoms with Gasteiger partial charge in [0.25, 0.3) is 6.71 Å². The molecule has 19 rings (SSSR count). The Bertz CT molecular complexity index is 6160. The number of fused-ring (bicyclic) bond motifs is 14. The van der Waals surface area contributed by atoms with Gasteiger partial charge in [0.15, 0.2) is 5.58 Å². The third-order valence-corrected chi connectivity index (χ3v) is 21.9. The van der Waals surface area contributed by atoms with Crippen LogP contribution in [0.2, 0.25) is 0 Å². The lowest BCUT2D eigenvalue weighted by molar-refractivity contribution is 0.569. The van der Waals surface area contributed by atoms with E-state index in [-0.39, 0.29) is 23.0 Å². The summed E-state index contributed by atoms with van der Waals surface area (Å²) < 4.78 is 12.3. The van der Waals surface area contributed by atoms with Gasteiger partial charge in [0, 0.05) is 77.6 Å². The van der Waals surface area contributed by atoms with E-state index in [2.05, 4.69) is 385 Å². The first kappa shape index (κ1) is 61.3. The molecule has 0 unspecified atom stereocenters. The summed E-state index contributed by atoms with van der Waals surface area (Å²) >= 11 is 0. The van der Waals surface area contributed by atoms with Gasteiger partial charge in [0.2, 0.25) is 0 Å². The van der Waals surface area contributed by atoms with Crippen molar-refractivity contribution < 1.29 is 4.42 Å². The van der Waals surface area contributed by atoms with Gasteiger partial charge in [-0.25, -0.2) is 0 Å². The standard InChI is InChI=1S/C96H77BN4O/c1-94(2,3)66-51-64(52-67(56-66)95(4,5)6)63-45-48-78-84(55-63)100(83-43-28-40-74-72-38-24-27-44-88(72)102-93(74)83)86-57-68(96(7,8)9)58-87-90(86)97(78)79-49-46-70(99-80-41-25-22-37-71(80)73-47-50-82-89(92(73)99)75-39-23-26-42-81(75)98(82)69-35-20-13-21-36-69)59-85(79)101(87)91-76(61-31-16-11-17-32-61)53-65(60-29-14-10-15-30-60)54-77(91)62-33-18-12-19-34-62/h10-59H,1-9H3. The van der Waals surface area contributed by atoms with Crippen molar-refractivity contribution in [3.63, 3.8) is 0 Å². The second-order valence-electron chi connectivity index (χ2n) is 31.3. The SMILES string of the molecule is CC(C)(C)c1cc(-c2ccc3c(c2)N(c2cccc4c2oc2ccccc24)c2cc(C(C)(C)C)cc4c2B3c2ccc(-n3c5ccccc5c5ccc6c(c7ccccc7n6-c6ccccc6)c53)cc2N4c2c(-c3ccccc3)cc(-c3ccccc3)cc2-c2ccccc2)cc(C(C)(C)C)c1. The Hall–Kier alpha value is -11.9. The molecule has 0 amide bonds. The van der Waals surface area contributed by atoms with Crippen molar-refractivity contribution in [1.29, 1.82) is 0 Å². The molecule has 0 saturated heterocycles. The highest BCUT2D eigenvalue weighted by atomic mass is 16.3. The number of para-hydroxylation sites is 5. The topological polar surface area (TPSA) is 29.5 Å². The lowest BCUT2D eigenvalue weighted by Gasteiger charge is -2.46. The van der Waals surface area contributed by atoms with E-state index in [4.69, 9.17) is 4.42 Å². The van der Waals surface area contributed by atoms with Crippen LogP contribution in [-0.4, -0.2) is 15.8 Å². The molecule has 5 nitrogen and oxygen atoms in total. The van der Waals surface area contributed by atoms with Crippen LogP contribution in [0.15, 0.2) is 308 Å². The Morgan fingerprint density at radius 2 is 0.804 bits per heavy atom. The van der Waals surface area contributed by atoms with Crippen molar-refractivity contribution in [1.82, 2.24) is 9.13 Å². The number of rotatable bonds is 8. The van der Waals surface area contributed by atoms with Crippen molar-refractivity contribution in [2.75, 3.05) is 9.80 Å². The van der Waals surface area contributed by atoms with Gasteiger partial charge in [-0.2, -0.15) is 0 Å². The van der Waals surface area contributed by atoms with E-state index in [9.17, 15) is 0 Å². The van der Waals surface area contributed by atoms with Gasteiger partial charge in [-0.05, 0) is 168 Å². The maximum Gasteiger partial charge on any atom is 0.252 e. The minimum atomic E-state index is -0.320. The van der Waals surface area contributed by atoms with Crippen molar-refractivity contribution in [3.8, 4) is 55.9 Å². The molecule has 14 aromatic carbocycles. The fourth-order valence-corrected chi connectivity index (χ4v) is 16.8. The molecule has 0 radical (unpaired) electrons. The van der Waals surface area contributed by atoms with E-state index in [0.29, 0.717) is 0 Å². The second-order valence-corrected chi connectivity index (χ2v) is 31.3. The first-order chi connectivity index (χ1) is 49.5. The number of benzene rings is 14. The van der Waals surface area contributed by atoms with Crippen LogP contribution in [0.25, 0.3) is 121 Å². The van der Waals surface area contributed by atoms with Crippen molar-refractivity contribution in [3.05, 3.63) is 320 Å². The van der Waals surface area contributed by atoms with E-state index in [0.717, 1.165) is 112 Å². The maximum atomic E-state index is 7.23. The quantitative estimate of drug-likeness (QED) is 0.142. The minimum absolute atomic E-state index is 0.0860. The summed E-state index contributed by atoms with van der Waals surface area (Å²) in [4.78, 5) is 5.30. The van der Waals surface area contributed by atoms with E-state index in [1.54, 1.807) is 0 Å². The van der Waals surface area contributed by atoms with Crippen LogP contribution in [0, 0.1) is 0 Å². The number of nitrogens with zero attached hydrogens (tertiary/aromatic N) is 4. The molecule has 3 aromatic heterocycles. The molecule has 5 heterocycles. The first-order valence-electron chi connectivity index (χ1n) is 36.0. The third-order valence-electron chi connectivity index (χ3n) is 21.9. The van der Waals surface area contributed by atoms with Crippen LogP contribution >= 0.6 is 0 Å². The first-order valence-corrected chi connectivity index (χ1v) is 36.0. The van der Waals surface area contributed by atoms with E-state index < -0.39 is 0 Å². The summed E-state index contributed by atoms with van der Waals surface area (Å²) in [7, 11) is 0. The predicted octanol–water partition coefficient (Wildman–Crippen LogP) is 24.4. The van der Waals surface area contributed by atoms with E-state index >= 15 is 0 Å². The van der Waals surface area contributed by atoms with Crippen LogP contribution in [0.5, 0.6) is 0 Å². The zero-order chi connectivity index (χ0) is 69.1. The highest BCUT2D eigenvalue weighted by molar-refractivity contribution is 7.00. The molecule has 17 aromatic rings. The molecule has 0 atom stereocenters. The lowest BCUT2D eigenvalue weighted by Crippen LogP contribution is -2.61. The van der Waals surface area contributed by atoms with Crippen molar-refractivity contribution >= 4 is 123 Å². The van der Waals surface area contributed by atoms with Gasteiger partial charge >= 0.3 is 0 Å². The molecule has 102 heavy (non-hydrogen) atoms. The van der Waals surface area contributed by atoms with E-state index in [1.807, 2.05) is 0 Å². The smallest absolute Gasteiger partial charge is 0.252 e. The molecule has 0 bridgehead atoms. The largest absolute Gasteiger partial charge is 0.454 e. The minimum Gasteiger partial charge on any atom is -0.454 e. The molecule has 490 valence electrons. The molecule has 0 fully saturated rings. The summed E-state index contributed by atoms with van der Waals surface area (Å²) in [6, 6.07) is 114. The van der Waals surface area contributed by atoms with Crippen LogP contribution in [0.3, 0.4) is 0 Å². The number of hydrogen-bond donors (Lipinski definition) is 0. The molecule has 2 aliphatic rings. The molecule has 0 aliphatic carbocycles. The zero-order valence-electron chi connectivity index (χ0n) is 59.1. The monoisotopic (exact) mass is 1310 g/mol. The molecular formula is C96H77BN4O. The Morgan fingerprint density at radius 3 is 1.44 bits per heavy atom. The Kier molecular flexibility index (Phi) is 13.7. The van der Waals surface area contributed by atoms with Gasteiger partial charge < -0.3 is 23.4 Å². The van der Waals surface area contributed by atoms with Gasteiger partial charge in [0.1, 0.15) is 5.58 Å². The number of furan rings is 1. The van der Waals surface area contributed by atoms with Crippen molar-refractivity contribution in [2.24, 2.45) is 0 Å². The summed E-state index contributed by atoms with van der Waals surface area (Å²) in [5.74, 6) is 0. The van der Waals surface area contributed by atoms with Gasteiger partial charge in [-0.15, -0.1) is 0 Å². The predicted molar refractivity (Wildman–Crippen MR) is 434 cm³/mol. The normalized spacial score (nSPS) is 13.1. The third kappa shape index (κ3) is 9.59. The van der Waals surface area contributed by atoms with Crippen LogP contribution in [0.4, 0.5) is 34.1 Å². The van der Waals surface area contributed by atoms with Gasteiger partial charge in [-0.3, -0.25) is 0 Å². The fourth-order valence-electron chi connectivity index (χ4n) is 16.8. The molecule has 0 spiro atoms. The highest BCUT2D eigenvalue weighted by Crippen LogP contribution is 2.55. The lowest BCUT2D eigenvalue weighted by atomic mass is 9.33. The molecule has 0 saturated carbocycles. The summed E-state index contributed by atoms with van der Waals surface area (Å²) in [6.07, 6.45) is 0. The van der Waals surface area contributed by atoms with Gasteiger partial charge in [0.05, 0.1) is 33.4 Å².